The van der Waals surface area contributed by atoms with Gasteiger partial charge in [0.15, 0.2) is 0 Å². The molecule has 0 radical (unpaired) electrons. The summed E-state index contributed by atoms with van der Waals surface area (Å²) in [4.78, 5) is 11.4. The summed E-state index contributed by atoms with van der Waals surface area (Å²) >= 11 is 1.46. The third kappa shape index (κ3) is 3.74. The summed E-state index contributed by atoms with van der Waals surface area (Å²) in [6, 6.07) is -0.518. The van der Waals surface area contributed by atoms with Gasteiger partial charge in [-0.25, -0.2) is 0 Å². The van der Waals surface area contributed by atoms with Gasteiger partial charge in [0, 0.05) is 6.42 Å². The number of hydrogen-bond acceptors (Lipinski definition) is 5. The van der Waals surface area contributed by atoms with E-state index in [1.807, 2.05) is 0 Å². The quantitative estimate of drug-likeness (QED) is 0.874. The molecule has 1 fully saturated rings. The van der Waals surface area contributed by atoms with Gasteiger partial charge in [-0.15, -0.1) is 10.2 Å². The van der Waals surface area contributed by atoms with E-state index >= 15 is 0 Å². The number of anilines is 1. The van der Waals surface area contributed by atoms with Crippen LogP contribution in [-0.4, -0.2) is 22.1 Å². The molecule has 1 amide bonds. The van der Waals surface area contributed by atoms with Crippen LogP contribution in [-0.2, 0) is 11.2 Å². The summed E-state index contributed by atoms with van der Waals surface area (Å²) in [5, 5.41) is 12.4. The Kier molecular flexibility index (Phi) is 4.66. The maximum Gasteiger partial charge on any atom is 0.242 e. The van der Waals surface area contributed by atoms with Crippen molar-refractivity contribution < 1.29 is 4.79 Å². The molecule has 1 aromatic rings. The Morgan fingerprint density at radius 1 is 1.44 bits per heavy atom. The molecule has 0 bridgehead atoms. The second-order valence-corrected chi connectivity index (χ2v) is 6.05. The van der Waals surface area contributed by atoms with Gasteiger partial charge in [0.25, 0.3) is 0 Å². The molecule has 3 N–H and O–H groups in total. The van der Waals surface area contributed by atoms with Crippen LogP contribution in [0.15, 0.2) is 0 Å². The monoisotopic (exact) mass is 268 g/mol. The molecule has 100 valence electrons. The molecule has 1 heterocycles. The molecular formula is C12H20N4OS. The van der Waals surface area contributed by atoms with Crippen molar-refractivity contribution in [2.75, 3.05) is 5.32 Å². The predicted octanol–water partition coefficient (Wildman–Crippen LogP) is 1.95. The second kappa shape index (κ2) is 6.24. The Labute approximate surface area is 111 Å². The van der Waals surface area contributed by atoms with Crippen LogP contribution in [0, 0.1) is 5.92 Å². The van der Waals surface area contributed by atoms with E-state index in [0.29, 0.717) is 5.13 Å². The summed E-state index contributed by atoms with van der Waals surface area (Å²) in [7, 11) is 0. The lowest BCUT2D eigenvalue weighted by molar-refractivity contribution is -0.117. The highest BCUT2D eigenvalue weighted by Crippen LogP contribution is 2.28. The fraction of sp³-hybridized carbons (Fsp3) is 0.750. The lowest BCUT2D eigenvalue weighted by Crippen LogP contribution is -2.32. The first-order valence-corrected chi connectivity index (χ1v) is 7.35. The minimum atomic E-state index is -0.518. The molecule has 1 aliphatic carbocycles. The van der Waals surface area contributed by atoms with E-state index in [2.05, 4.69) is 15.5 Å². The van der Waals surface area contributed by atoms with Crippen molar-refractivity contribution >= 4 is 22.4 Å². The van der Waals surface area contributed by atoms with Crippen LogP contribution in [0.2, 0.25) is 0 Å². The molecule has 5 nitrogen and oxygen atoms in total. The number of nitrogens with zero attached hydrogens (tertiary/aromatic N) is 2. The van der Waals surface area contributed by atoms with E-state index in [1.54, 1.807) is 6.92 Å². The van der Waals surface area contributed by atoms with Gasteiger partial charge in [-0.1, -0.05) is 43.4 Å². The smallest absolute Gasteiger partial charge is 0.242 e. The number of amides is 1. The van der Waals surface area contributed by atoms with Crippen LogP contribution < -0.4 is 11.1 Å². The maximum absolute atomic E-state index is 11.4. The topological polar surface area (TPSA) is 80.9 Å². The molecule has 1 aliphatic rings. The molecular weight excluding hydrogens is 248 g/mol. The summed E-state index contributed by atoms with van der Waals surface area (Å²) < 4.78 is 0. The summed E-state index contributed by atoms with van der Waals surface area (Å²) in [6.45, 7) is 1.65. The third-order valence-electron chi connectivity index (χ3n) is 3.30. The molecule has 1 saturated carbocycles. The highest BCUT2D eigenvalue weighted by atomic mass is 32.1. The average Bonchev–Trinajstić information content (AvgIpc) is 2.77. The number of rotatable bonds is 4. The van der Waals surface area contributed by atoms with Crippen LogP contribution in [0.5, 0.6) is 0 Å². The maximum atomic E-state index is 11.4. The summed E-state index contributed by atoms with van der Waals surface area (Å²) in [5.41, 5.74) is 5.48. The summed E-state index contributed by atoms with van der Waals surface area (Å²) in [6.07, 6.45) is 7.60. The normalized spacial score (nSPS) is 18.6. The van der Waals surface area contributed by atoms with E-state index in [4.69, 9.17) is 5.73 Å². The molecule has 18 heavy (non-hydrogen) atoms. The third-order valence-corrected chi connectivity index (χ3v) is 4.16. The van der Waals surface area contributed by atoms with Gasteiger partial charge >= 0.3 is 0 Å². The Balaban J connectivity index is 1.87. The zero-order valence-corrected chi connectivity index (χ0v) is 11.5. The van der Waals surface area contributed by atoms with E-state index in [0.717, 1.165) is 17.3 Å². The standard InChI is InChI=1S/C12H20N4OS/c1-8(13)11(17)14-12-16-15-10(18-12)7-9-5-3-2-4-6-9/h8-9H,2-7,13H2,1H3,(H,14,16,17). The fourth-order valence-electron chi connectivity index (χ4n) is 2.24. The number of carbonyl (C=O) groups excluding carboxylic acids is 1. The molecule has 1 atom stereocenters. The Bertz CT molecular complexity index is 399. The van der Waals surface area contributed by atoms with Crippen molar-refractivity contribution in [3.05, 3.63) is 5.01 Å². The Morgan fingerprint density at radius 3 is 2.83 bits per heavy atom. The van der Waals surface area contributed by atoms with Gasteiger partial charge in [-0.05, 0) is 12.8 Å². The largest absolute Gasteiger partial charge is 0.320 e. The second-order valence-electron chi connectivity index (χ2n) is 4.99. The molecule has 1 aromatic heterocycles. The van der Waals surface area contributed by atoms with Gasteiger partial charge in [0.05, 0.1) is 6.04 Å². The van der Waals surface area contributed by atoms with Crippen LogP contribution in [0.3, 0.4) is 0 Å². The van der Waals surface area contributed by atoms with E-state index in [-0.39, 0.29) is 5.91 Å². The van der Waals surface area contributed by atoms with Crippen molar-refractivity contribution in [3.8, 4) is 0 Å². The number of carbonyl (C=O) groups is 1. The highest BCUT2D eigenvalue weighted by molar-refractivity contribution is 7.15. The fourth-order valence-corrected chi connectivity index (χ4v) is 3.10. The van der Waals surface area contributed by atoms with Crippen molar-refractivity contribution in [1.82, 2.24) is 10.2 Å². The van der Waals surface area contributed by atoms with Crippen LogP contribution in [0.4, 0.5) is 5.13 Å². The molecule has 6 heteroatoms. The van der Waals surface area contributed by atoms with Crippen LogP contribution in [0.25, 0.3) is 0 Å². The zero-order chi connectivity index (χ0) is 13.0. The van der Waals surface area contributed by atoms with Crippen molar-refractivity contribution in [2.45, 2.75) is 51.5 Å². The first-order valence-electron chi connectivity index (χ1n) is 6.54. The molecule has 0 aliphatic heterocycles. The number of nitrogens with one attached hydrogen (secondary N) is 1. The van der Waals surface area contributed by atoms with Crippen LogP contribution in [0.1, 0.15) is 44.0 Å². The van der Waals surface area contributed by atoms with Crippen LogP contribution >= 0.6 is 11.3 Å². The lowest BCUT2D eigenvalue weighted by atomic mass is 9.87. The Hall–Kier alpha value is -1.01. The first-order chi connectivity index (χ1) is 8.65. The predicted molar refractivity (Wildman–Crippen MR) is 72.5 cm³/mol. The SMILES string of the molecule is CC(N)C(=O)Nc1nnc(CC2CCCCC2)s1. The van der Waals surface area contributed by atoms with Gasteiger partial charge in [0.2, 0.25) is 11.0 Å². The Morgan fingerprint density at radius 2 is 2.17 bits per heavy atom. The highest BCUT2D eigenvalue weighted by Gasteiger charge is 2.17. The van der Waals surface area contributed by atoms with Gasteiger partial charge in [-0.3, -0.25) is 10.1 Å². The van der Waals surface area contributed by atoms with E-state index in [9.17, 15) is 4.79 Å². The van der Waals surface area contributed by atoms with E-state index in [1.165, 1.54) is 43.4 Å². The zero-order valence-electron chi connectivity index (χ0n) is 10.7. The minimum absolute atomic E-state index is 0.213. The van der Waals surface area contributed by atoms with Gasteiger partial charge in [-0.2, -0.15) is 0 Å². The lowest BCUT2D eigenvalue weighted by Gasteiger charge is -2.19. The van der Waals surface area contributed by atoms with Crippen molar-refractivity contribution in [1.29, 1.82) is 0 Å². The first kappa shape index (κ1) is 13.4. The molecule has 0 spiro atoms. The summed E-state index contributed by atoms with van der Waals surface area (Å²) in [5.74, 6) is 0.527. The number of nitrogens with two attached hydrogens (primary N) is 1. The molecule has 0 saturated heterocycles. The molecule has 1 unspecified atom stereocenters. The molecule has 0 aromatic carbocycles. The molecule has 2 rings (SSSR count). The average molecular weight is 268 g/mol. The van der Waals surface area contributed by atoms with Crippen molar-refractivity contribution in [3.63, 3.8) is 0 Å². The van der Waals surface area contributed by atoms with Gasteiger partial charge in [0.1, 0.15) is 5.01 Å². The van der Waals surface area contributed by atoms with Crippen molar-refractivity contribution in [2.24, 2.45) is 11.7 Å². The van der Waals surface area contributed by atoms with Gasteiger partial charge < -0.3 is 5.73 Å². The van der Waals surface area contributed by atoms with E-state index < -0.39 is 6.04 Å². The minimum Gasteiger partial charge on any atom is -0.320 e. The number of hydrogen-bond donors (Lipinski definition) is 2. The number of aromatic nitrogens is 2.